The van der Waals surface area contributed by atoms with E-state index in [-0.39, 0.29) is 0 Å². The molecule has 2 unspecified atom stereocenters. The Kier molecular flexibility index (Phi) is 5.40. The van der Waals surface area contributed by atoms with Crippen molar-refractivity contribution in [2.24, 2.45) is 11.8 Å². The lowest BCUT2D eigenvalue weighted by Crippen LogP contribution is -2.32. The number of nitrogens with zero attached hydrogens (tertiary/aromatic N) is 2. The molecule has 3 heteroatoms. The molecule has 0 aromatic carbocycles. The quantitative estimate of drug-likeness (QED) is 0.781. The highest BCUT2D eigenvalue weighted by molar-refractivity contribution is 5.84. The van der Waals surface area contributed by atoms with Gasteiger partial charge < -0.3 is 9.80 Å². The highest BCUT2D eigenvalue weighted by Crippen LogP contribution is 2.27. The Morgan fingerprint density at radius 1 is 1.11 bits per heavy atom. The summed E-state index contributed by atoms with van der Waals surface area (Å²) in [5.41, 5.74) is 0. The average Bonchev–Trinajstić information content (AvgIpc) is 2.74. The number of ketones is 1. The minimum absolute atomic E-state index is 0.329. The zero-order valence-electron chi connectivity index (χ0n) is 12.9. The summed E-state index contributed by atoms with van der Waals surface area (Å²) in [6, 6.07) is 0.621. The summed E-state index contributed by atoms with van der Waals surface area (Å²) in [4.78, 5) is 17.6. The fourth-order valence-corrected chi connectivity index (χ4v) is 3.60. The molecule has 2 atom stereocenters. The second-order valence-corrected chi connectivity index (χ2v) is 6.54. The van der Waals surface area contributed by atoms with Gasteiger partial charge in [-0.3, -0.25) is 4.79 Å². The van der Waals surface area contributed by atoms with Gasteiger partial charge in [-0.15, -0.1) is 0 Å². The lowest BCUT2D eigenvalue weighted by atomic mass is 9.87. The number of likely N-dealkylation sites (tertiary alicyclic amines) is 2. The maximum atomic E-state index is 12.6. The molecule has 0 amide bonds. The minimum atomic E-state index is 0.329. The van der Waals surface area contributed by atoms with Crippen molar-refractivity contribution >= 4 is 5.78 Å². The molecule has 2 heterocycles. The molecule has 3 nitrogen and oxygen atoms in total. The van der Waals surface area contributed by atoms with E-state index >= 15 is 0 Å². The van der Waals surface area contributed by atoms with Crippen LogP contribution < -0.4 is 0 Å². The van der Waals surface area contributed by atoms with Crippen LogP contribution in [-0.2, 0) is 4.79 Å². The van der Waals surface area contributed by atoms with Crippen LogP contribution in [0.5, 0.6) is 0 Å². The van der Waals surface area contributed by atoms with Crippen molar-refractivity contribution in [1.29, 1.82) is 0 Å². The number of hydrogen-bond donors (Lipinski definition) is 0. The molecule has 0 saturated carbocycles. The van der Waals surface area contributed by atoms with Crippen molar-refractivity contribution in [1.82, 2.24) is 9.80 Å². The molecule has 0 N–H and O–H groups in total. The Morgan fingerprint density at radius 3 is 2.47 bits per heavy atom. The molecular weight excluding hydrogens is 236 g/mol. The summed E-state index contributed by atoms with van der Waals surface area (Å²) in [6.45, 7) is 12.2. The SMILES string of the molecule is CCN1CCC(C(=O)C2CCCN(C(C)C)CC2)C1. The van der Waals surface area contributed by atoms with Crippen LogP contribution >= 0.6 is 0 Å². The Balaban J connectivity index is 1.86. The predicted octanol–water partition coefficient (Wildman–Crippen LogP) is 2.41. The summed E-state index contributed by atoms with van der Waals surface area (Å²) in [6.07, 6.45) is 4.49. The van der Waals surface area contributed by atoms with E-state index in [0.717, 1.165) is 45.4 Å². The molecule has 0 radical (unpaired) electrons. The van der Waals surface area contributed by atoms with Crippen LogP contribution in [0.3, 0.4) is 0 Å². The third kappa shape index (κ3) is 3.79. The maximum absolute atomic E-state index is 12.6. The highest BCUT2D eigenvalue weighted by atomic mass is 16.1. The van der Waals surface area contributed by atoms with Gasteiger partial charge in [0.05, 0.1) is 0 Å². The molecule has 2 aliphatic heterocycles. The topological polar surface area (TPSA) is 23.6 Å². The van der Waals surface area contributed by atoms with Gasteiger partial charge in [0.2, 0.25) is 0 Å². The van der Waals surface area contributed by atoms with E-state index in [2.05, 4.69) is 30.6 Å². The molecule has 0 aliphatic carbocycles. The van der Waals surface area contributed by atoms with Gasteiger partial charge in [-0.05, 0) is 65.7 Å². The minimum Gasteiger partial charge on any atom is -0.303 e. The van der Waals surface area contributed by atoms with Gasteiger partial charge in [-0.1, -0.05) is 6.92 Å². The zero-order chi connectivity index (χ0) is 13.8. The van der Waals surface area contributed by atoms with Crippen LogP contribution in [0.4, 0.5) is 0 Å². The lowest BCUT2D eigenvalue weighted by molar-refractivity contribution is -0.126. The molecule has 2 rings (SSSR count). The van der Waals surface area contributed by atoms with Gasteiger partial charge in [0, 0.05) is 24.4 Å². The third-order valence-electron chi connectivity index (χ3n) is 5.02. The van der Waals surface area contributed by atoms with Gasteiger partial charge in [-0.25, -0.2) is 0 Å². The fraction of sp³-hybridized carbons (Fsp3) is 0.938. The van der Waals surface area contributed by atoms with E-state index in [0.29, 0.717) is 23.7 Å². The smallest absolute Gasteiger partial charge is 0.140 e. The fourth-order valence-electron chi connectivity index (χ4n) is 3.60. The molecule has 19 heavy (non-hydrogen) atoms. The van der Waals surface area contributed by atoms with Gasteiger partial charge in [-0.2, -0.15) is 0 Å². The molecule has 0 bridgehead atoms. The number of carbonyl (C=O) groups is 1. The van der Waals surface area contributed by atoms with Gasteiger partial charge in [0.1, 0.15) is 5.78 Å². The second-order valence-electron chi connectivity index (χ2n) is 6.54. The number of hydrogen-bond acceptors (Lipinski definition) is 3. The van der Waals surface area contributed by atoms with Crippen molar-refractivity contribution in [2.45, 2.75) is 52.5 Å². The van der Waals surface area contributed by atoms with Crippen LogP contribution in [0, 0.1) is 11.8 Å². The largest absolute Gasteiger partial charge is 0.303 e. The van der Waals surface area contributed by atoms with E-state index < -0.39 is 0 Å². The lowest BCUT2D eigenvalue weighted by Gasteiger charge is -2.24. The van der Waals surface area contributed by atoms with Crippen LogP contribution in [-0.4, -0.2) is 54.3 Å². The van der Waals surface area contributed by atoms with Gasteiger partial charge in [0.15, 0.2) is 0 Å². The first-order chi connectivity index (χ1) is 9.11. The molecular formula is C16H30N2O. The Hall–Kier alpha value is -0.410. The van der Waals surface area contributed by atoms with E-state index in [1.807, 2.05) is 0 Å². The summed E-state index contributed by atoms with van der Waals surface area (Å²) >= 11 is 0. The van der Waals surface area contributed by atoms with E-state index in [1.54, 1.807) is 0 Å². The first kappa shape index (κ1) is 15.0. The predicted molar refractivity (Wildman–Crippen MR) is 79.3 cm³/mol. The average molecular weight is 266 g/mol. The number of Topliss-reactive ketones (excluding diaryl/α,β-unsaturated/α-hetero) is 1. The molecule has 2 fully saturated rings. The van der Waals surface area contributed by atoms with Crippen molar-refractivity contribution in [3.63, 3.8) is 0 Å². The first-order valence-corrected chi connectivity index (χ1v) is 8.12. The number of rotatable bonds is 4. The first-order valence-electron chi connectivity index (χ1n) is 8.12. The third-order valence-corrected chi connectivity index (χ3v) is 5.02. The van der Waals surface area contributed by atoms with Crippen LogP contribution in [0.25, 0.3) is 0 Å². The molecule has 0 aromatic rings. The van der Waals surface area contributed by atoms with Crippen molar-refractivity contribution in [3.05, 3.63) is 0 Å². The van der Waals surface area contributed by atoms with Crippen molar-refractivity contribution in [2.75, 3.05) is 32.7 Å². The molecule has 2 saturated heterocycles. The number of carbonyl (C=O) groups excluding carboxylic acids is 1. The Morgan fingerprint density at radius 2 is 1.84 bits per heavy atom. The van der Waals surface area contributed by atoms with Crippen LogP contribution in [0.15, 0.2) is 0 Å². The Bertz CT molecular complexity index is 303. The van der Waals surface area contributed by atoms with Gasteiger partial charge >= 0.3 is 0 Å². The molecule has 2 aliphatic rings. The monoisotopic (exact) mass is 266 g/mol. The van der Waals surface area contributed by atoms with Crippen LogP contribution in [0.2, 0.25) is 0 Å². The Labute approximate surface area is 118 Å². The van der Waals surface area contributed by atoms with Crippen molar-refractivity contribution < 1.29 is 4.79 Å². The van der Waals surface area contributed by atoms with E-state index in [1.165, 1.54) is 13.0 Å². The van der Waals surface area contributed by atoms with Crippen LogP contribution in [0.1, 0.15) is 46.5 Å². The van der Waals surface area contributed by atoms with E-state index in [9.17, 15) is 4.79 Å². The summed E-state index contributed by atoms with van der Waals surface area (Å²) < 4.78 is 0. The standard InChI is InChI=1S/C16H30N2O/c1-4-17-10-7-15(12-17)16(19)14-6-5-9-18(11-8-14)13(2)3/h13-15H,4-12H2,1-3H3. The van der Waals surface area contributed by atoms with Crippen molar-refractivity contribution in [3.8, 4) is 0 Å². The molecule has 110 valence electrons. The maximum Gasteiger partial charge on any atom is 0.140 e. The second kappa shape index (κ2) is 6.85. The summed E-state index contributed by atoms with van der Waals surface area (Å²) in [7, 11) is 0. The molecule has 0 spiro atoms. The zero-order valence-corrected chi connectivity index (χ0v) is 12.9. The van der Waals surface area contributed by atoms with Gasteiger partial charge in [0.25, 0.3) is 0 Å². The van der Waals surface area contributed by atoms with E-state index in [4.69, 9.17) is 0 Å². The normalized spacial score (nSPS) is 30.7. The summed E-state index contributed by atoms with van der Waals surface area (Å²) in [5.74, 6) is 1.24. The summed E-state index contributed by atoms with van der Waals surface area (Å²) in [5, 5.41) is 0. The highest BCUT2D eigenvalue weighted by Gasteiger charge is 2.33. The molecule has 0 aromatic heterocycles.